The van der Waals surface area contributed by atoms with Gasteiger partial charge >= 0.3 is 7.12 Å². The molecule has 3 nitrogen and oxygen atoms in total. The molecule has 1 aliphatic rings. The Morgan fingerprint density at radius 2 is 1.72 bits per heavy atom. The number of aryl methyl sites for hydroxylation is 1. The minimum atomic E-state index is -0.307. The molecule has 0 saturated carbocycles. The minimum Gasteiger partial charge on any atom is -0.399 e. The smallest absolute Gasteiger partial charge is 0.399 e. The van der Waals surface area contributed by atoms with E-state index < -0.39 is 0 Å². The molecule has 0 bridgehead atoms. The van der Waals surface area contributed by atoms with Crippen LogP contribution in [0.2, 0.25) is 0 Å². The third kappa shape index (κ3) is 2.45. The van der Waals surface area contributed by atoms with Gasteiger partial charge in [0, 0.05) is 17.4 Å². The van der Waals surface area contributed by atoms with Crippen LogP contribution in [0.5, 0.6) is 0 Å². The molecule has 1 saturated heterocycles. The Labute approximate surface area is 110 Å². The largest absolute Gasteiger partial charge is 0.496 e. The summed E-state index contributed by atoms with van der Waals surface area (Å²) in [5.41, 5.74) is 1.53. The topological polar surface area (TPSA) is 31.4 Å². The molecule has 1 aromatic rings. The maximum atomic E-state index is 5.99. The average Bonchev–Trinajstić information content (AvgIpc) is 2.50. The lowest BCUT2D eigenvalue weighted by Crippen LogP contribution is -2.41. The molecular weight excluding hydrogens is 225 g/mol. The summed E-state index contributed by atoms with van der Waals surface area (Å²) in [5, 5.41) is 0. The van der Waals surface area contributed by atoms with Crippen LogP contribution in [-0.2, 0) is 15.7 Å². The third-order valence-corrected chi connectivity index (χ3v) is 3.88. The van der Waals surface area contributed by atoms with Crippen LogP contribution in [0.4, 0.5) is 0 Å². The van der Waals surface area contributed by atoms with Crippen LogP contribution in [0.25, 0.3) is 0 Å². The van der Waals surface area contributed by atoms with Gasteiger partial charge in [0.1, 0.15) is 0 Å². The number of nitrogens with zero attached hydrogens (tertiary/aromatic N) is 1. The van der Waals surface area contributed by atoms with E-state index in [9.17, 15) is 0 Å². The van der Waals surface area contributed by atoms with Crippen molar-refractivity contribution in [2.24, 2.45) is 0 Å². The fourth-order valence-electron chi connectivity index (χ4n) is 1.96. The summed E-state index contributed by atoms with van der Waals surface area (Å²) in [5.74, 6) is 0. The summed E-state index contributed by atoms with van der Waals surface area (Å²) in [6, 6.07) is 4.12. The van der Waals surface area contributed by atoms with E-state index in [0.717, 1.165) is 24.0 Å². The Balaban J connectivity index is 2.14. The molecule has 2 rings (SSSR count). The van der Waals surface area contributed by atoms with Gasteiger partial charge in [-0.15, -0.1) is 0 Å². The zero-order valence-electron chi connectivity index (χ0n) is 12.0. The van der Waals surface area contributed by atoms with Crippen molar-refractivity contribution in [2.75, 3.05) is 0 Å². The van der Waals surface area contributed by atoms with Gasteiger partial charge in [0.15, 0.2) is 0 Å². The zero-order valence-corrected chi connectivity index (χ0v) is 12.0. The number of pyridine rings is 1. The van der Waals surface area contributed by atoms with Crippen molar-refractivity contribution in [3.05, 3.63) is 24.0 Å². The minimum absolute atomic E-state index is 0.292. The Morgan fingerprint density at radius 3 is 2.17 bits per heavy atom. The Bertz CT molecular complexity index is 398. The van der Waals surface area contributed by atoms with Crippen LogP contribution in [0, 0.1) is 0 Å². The second-order valence-electron chi connectivity index (χ2n) is 5.92. The maximum absolute atomic E-state index is 5.99. The van der Waals surface area contributed by atoms with Gasteiger partial charge in [0.2, 0.25) is 0 Å². The van der Waals surface area contributed by atoms with Gasteiger partial charge in [-0.25, -0.2) is 0 Å². The summed E-state index contributed by atoms with van der Waals surface area (Å²) >= 11 is 0. The van der Waals surface area contributed by atoms with Gasteiger partial charge in [-0.1, -0.05) is 19.4 Å². The molecule has 0 aliphatic carbocycles. The molecule has 0 amide bonds. The molecule has 0 N–H and O–H groups in total. The van der Waals surface area contributed by atoms with E-state index in [1.54, 1.807) is 0 Å². The summed E-state index contributed by atoms with van der Waals surface area (Å²) in [6.07, 6.45) is 4.00. The highest BCUT2D eigenvalue weighted by molar-refractivity contribution is 6.62. The Morgan fingerprint density at radius 1 is 1.11 bits per heavy atom. The lowest BCUT2D eigenvalue weighted by atomic mass is 9.80. The van der Waals surface area contributed by atoms with Gasteiger partial charge < -0.3 is 9.31 Å². The quantitative estimate of drug-likeness (QED) is 0.768. The molecule has 0 spiro atoms. The summed E-state index contributed by atoms with van der Waals surface area (Å²) < 4.78 is 12.0. The zero-order chi connectivity index (χ0) is 13.4. The molecule has 1 aliphatic heterocycles. The SMILES string of the molecule is CCCc1ccc(B2OC(C)(C)C(C)(C)O2)cn1. The first-order valence-corrected chi connectivity index (χ1v) is 6.66. The van der Waals surface area contributed by atoms with Crippen LogP contribution in [0.15, 0.2) is 18.3 Å². The van der Waals surface area contributed by atoms with Gasteiger partial charge in [-0.05, 0) is 40.2 Å². The molecule has 0 aromatic carbocycles. The number of rotatable bonds is 3. The van der Waals surface area contributed by atoms with Crippen LogP contribution >= 0.6 is 0 Å². The maximum Gasteiger partial charge on any atom is 0.496 e. The first-order valence-electron chi connectivity index (χ1n) is 6.66. The fourth-order valence-corrected chi connectivity index (χ4v) is 1.96. The van der Waals surface area contributed by atoms with Gasteiger partial charge in [-0.3, -0.25) is 4.98 Å². The van der Waals surface area contributed by atoms with Crippen molar-refractivity contribution in [3.63, 3.8) is 0 Å². The Kier molecular flexibility index (Phi) is 3.52. The van der Waals surface area contributed by atoms with E-state index in [4.69, 9.17) is 9.31 Å². The second kappa shape index (κ2) is 4.67. The fraction of sp³-hybridized carbons (Fsp3) is 0.643. The van der Waals surface area contributed by atoms with Crippen LogP contribution in [0.3, 0.4) is 0 Å². The third-order valence-electron chi connectivity index (χ3n) is 3.88. The molecule has 2 heterocycles. The Hall–Kier alpha value is -0.865. The van der Waals surface area contributed by atoms with E-state index in [0.29, 0.717) is 0 Å². The summed E-state index contributed by atoms with van der Waals surface area (Å²) in [6.45, 7) is 10.4. The lowest BCUT2D eigenvalue weighted by molar-refractivity contribution is 0.00578. The van der Waals surface area contributed by atoms with E-state index in [1.807, 2.05) is 6.20 Å². The second-order valence-corrected chi connectivity index (χ2v) is 5.92. The van der Waals surface area contributed by atoms with Crippen molar-refractivity contribution in [1.29, 1.82) is 0 Å². The van der Waals surface area contributed by atoms with Crippen LogP contribution in [-0.4, -0.2) is 23.3 Å². The van der Waals surface area contributed by atoms with E-state index >= 15 is 0 Å². The standard InChI is InChI=1S/C14H22BNO2/c1-6-7-12-9-8-11(10-16-12)15-17-13(2,3)14(4,5)18-15/h8-10H,6-7H2,1-5H3. The van der Waals surface area contributed by atoms with E-state index in [1.165, 1.54) is 0 Å². The molecule has 0 unspecified atom stereocenters. The van der Waals surface area contributed by atoms with Crippen molar-refractivity contribution in [2.45, 2.75) is 58.7 Å². The monoisotopic (exact) mass is 247 g/mol. The highest BCUT2D eigenvalue weighted by atomic mass is 16.7. The molecule has 1 fully saturated rings. The van der Waals surface area contributed by atoms with Gasteiger partial charge in [0.25, 0.3) is 0 Å². The van der Waals surface area contributed by atoms with Crippen molar-refractivity contribution < 1.29 is 9.31 Å². The van der Waals surface area contributed by atoms with Crippen LogP contribution in [0.1, 0.15) is 46.7 Å². The van der Waals surface area contributed by atoms with E-state index in [2.05, 4.69) is 51.7 Å². The summed E-state index contributed by atoms with van der Waals surface area (Å²) in [7, 11) is -0.307. The number of hydrogen-bond donors (Lipinski definition) is 0. The van der Waals surface area contributed by atoms with Gasteiger partial charge in [-0.2, -0.15) is 0 Å². The average molecular weight is 247 g/mol. The van der Waals surface area contributed by atoms with Crippen LogP contribution < -0.4 is 5.46 Å². The number of aromatic nitrogens is 1. The van der Waals surface area contributed by atoms with Gasteiger partial charge in [0.05, 0.1) is 11.2 Å². The molecule has 0 atom stereocenters. The molecule has 0 radical (unpaired) electrons. The highest BCUT2D eigenvalue weighted by Gasteiger charge is 2.51. The molecule has 1 aromatic heterocycles. The molecule has 98 valence electrons. The van der Waals surface area contributed by atoms with Crippen molar-refractivity contribution in [1.82, 2.24) is 4.98 Å². The molecule has 18 heavy (non-hydrogen) atoms. The van der Waals surface area contributed by atoms with Crippen molar-refractivity contribution >= 4 is 12.6 Å². The predicted octanol–water partition coefficient (Wildman–Crippen LogP) is 2.33. The number of hydrogen-bond acceptors (Lipinski definition) is 3. The first-order chi connectivity index (χ1) is 8.36. The lowest BCUT2D eigenvalue weighted by Gasteiger charge is -2.32. The van der Waals surface area contributed by atoms with E-state index in [-0.39, 0.29) is 18.3 Å². The summed E-state index contributed by atoms with van der Waals surface area (Å²) in [4.78, 5) is 4.45. The predicted molar refractivity (Wildman–Crippen MR) is 73.9 cm³/mol. The molecular formula is C14H22BNO2. The first kappa shape index (κ1) is 13.6. The van der Waals surface area contributed by atoms with Crippen molar-refractivity contribution in [3.8, 4) is 0 Å². The highest BCUT2D eigenvalue weighted by Crippen LogP contribution is 2.36. The normalized spacial score (nSPS) is 21.3. The molecule has 4 heteroatoms.